The second kappa shape index (κ2) is 11.9. The van der Waals surface area contributed by atoms with E-state index in [0.29, 0.717) is 19.0 Å². The Labute approximate surface area is 185 Å². The van der Waals surface area contributed by atoms with Gasteiger partial charge in [0.2, 0.25) is 0 Å². The second-order valence-electron chi connectivity index (χ2n) is 6.07. The van der Waals surface area contributed by atoms with Crippen molar-refractivity contribution in [3.8, 4) is 5.75 Å². The van der Waals surface area contributed by atoms with Crippen LogP contribution in [0.4, 0.5) is 13.2 Å². The number of hydrogen-bond acceptors (Lipinski definition) is 4. The number of nitrogens with zero attached hydrogens (tertiary/aromatic N) is 2. The standard InChI is InChI=1S/C19H25F3N4O2.HI/c1-4-16-15(17(5-2)28-26-16)11-25-18(23-3)24-10-13-7-6-8-14(9-13)27-12-19(20,21)22;/h6-9H,4-5,10-12H2,1-3H3,(H2,23,24,25);1H. The number of hydrogen-bond donors (Lipinski definition) is 2. The Morgan fingerprint density at radius 2 is 1.90 bits per heavy atom. The van der Waals surface area contributed by atoms with Crippen molar-refractivity contribution in [3.63, 3.8) is 0 Å². The van der Waals surface area contributed by atoms with Crippen LogP contribution in [0.3, 0.4) is 0 Å². The second-order valence-corrected chi connectivity index (χ2v) is 6.07. The van der Waals surface area contributed by atoms with Crippen LogP contribution >= 0.6 is 24.0 Å². The number of guanidine groups is 1. The van der Waals surface area contributed by atoms with Gasteiger partial charge in [-0.15, -0.1) is 24.0 Å². The van der Waals surface area contributed by atoms with Crippen LogP contribution in [0.2, 0.25) is 0 Å². The number of aromatic nitrogens is 1. The first-order chi connectivity index (χ1) is 13.4. The minimum Gasteiger partial charge on any atom is -0.484 e. The van der Waals surface area contributed by atoms with Crippen LogP contribution in [-0.4, -0.2) is 30.9 Å². The molecule has 1 aromatic carbocycles. The maximum absolute atomic E-state index is 12.3. The summed E-state index contributed by atoms with van der Waals surface area (Å²) in [7, 11) is 1.65. The van der Waals surface area contributed by atoms with Crippen LogP contribution in [0, 0.1) is 0 Å². The lowest BCUT2D eigenvalue weighted by Gasteiger charge is -2.13. The van der Waals surface area contributed by atoms with Crippen LogP contribution in [0.25, 0.3) is 0 Å². The summed E-state index contributed by atoms with van der Waals surface area (Å²) < 4.78 is 47.0. The van der Waals surface area contributed by atoms with Gasteiger partial charge in [0.05, 0.1) is 5.69 Å². The molecule has 2 N–H and O–H groups in total. The topological polar surface area (TPSA) is 71.7 Å². The third-order valence-electron chi connectivity index (χ3n) is 4.02. The number of aliphatic imine (C=N–C) groups is 1. The third-order valence-corrected chi connectivity index (χ3v) is 4.02. The molecule has 0 aliphatic carbocycles. The molecule has 0 saturated heterocycles. The molecule has 0 saturated carbocycles. The Morgan fingerprint density at radius 3 is 2.52 bits per heavy atom. The fraction of sp³-hybridized carbons (Fsp3) is 0.474. The molecule has 0 fully saturated rings. The Kier molecular flexibility index (Phi) is 10.3. The smallest absolute Gasteiger partial charge is 0.422 e. The normalized spacial score (nSPS) is 11.7. The maximum Gasteiger partial charge on any atom is 0.422 e. The molecule has 6 nitrogen and oxygen atoms in total. The predicted octanol–water partition coefficient (Wildman–Crippen LogP) is 4.22. The summed E-state index contributed by atoms with van der Waals surface area (Å²) in [5, 5.41) is 10.4. The lowest BCUT2D eigenvalue weighted by atomic mass is 10.1. The number of halogens is 4. The molecule has 0 atom stereocenters. The van der Waals surface area contributed by atoms with Crippen molar-refractivity contribution in [3.05, 3.63) is 46.8 Å². The summed E-state index contributed by atoms with van der Waals surface area (Å²) in [5.74, 6) is 1.57. The maximum atomic E-state index is 12.3. The first kappa shape index (κ1) is 25.1. The van der Waals surface area contributed by atoms with E-state index in [4.69, 9.17) is 9.26 Å². The lowest BCUT2D eigenvalue weighted by Crippen LogP contribution is -2.36. The average molecular weight is 526 g/mol. The van der Waals surface area contributed by atoms with Crippen molar-refractivity contribution in [2.24, 2.45) is 4.99 Å². The van der Waals surface area contributed by atoms with E-state index in [-0.39, 0.29) is 29.7 Å². The molecule has 0 unspecified atom stereocenters. The van der Waals surface area contributed by atoms with E-state index in [0.717, 1.165) is 35.4 Å². The van der Waals surface area contributed by atoms with Crippen molar-refractivity contribution >= 4 is 29.9 Å². The van der Waals surface area contributed by atoms with Crippen LogP contribution in [0.5, 0.6) is 5.75 Å². The van der Waals surface area contributed by atoms with E-state index in [9.17, 15) is 13.2 Å². The summed E-state index contributed by atoms with van der Waals surface area (Å²) in [5.41, 5.74) is 2.71. The molecule has 1 aromatic heterocycles. The summed E-state index contributed by atoms with van der Waals surface area (Å²) in [6, 6.07) is 6.51. The first-order valence-electron chi connectivity index (χ1n) is 9.05. The zero-order valence-corrected chi connectivity index (χ0v) is 18.9. The first-order valence-corrected chi connectivity index (χ1v) is 9.05. The van der Waals surface area contributed by atoms with Gasteiger partial charge in [-0.3, -0.25) is 4.99 Å². The predicted molar refractivity (Wildman–Crippen MR) is 116 cm³/mol. The van der Waals surface area contributed by atoms with Gasteiger partial charge in [-0.05, 0) is 24.1 Å². The zero-order valence-electron chi connectivity index (χ0n) is 16.6. The van der Waals surface area contributed by atoms with E-state index >= 15 is 0 Å². The van der Waals surface area contributed by atoms with Crippen molar-refractivity contribution in [1.29, 1.82) is 0 Å². The molecule has 162 valence electrons. The monoisotopic (exact) mass is 526 g/mol. The number of ether oxygens (including phenoxy) is 1. The highest BCUT2D eigenvalue weighted by molar-refractivity contribution is 14.0. The summed E-state index contributed by atoms with van der Waals surface area (Å²) in [6.45, 7) is 3.61. The van der Waals surface area contributed by atoms with E-state index in [1.165, 1.54) is 6.07 Å². The molecule has 2 aromatic rings. The summed E-state index contributed by atoms with van der Waals surface area (Å²) in [4.78, 5) is 4.17. The van der Waals surface area contributed by atoms with E-state index < -0.39 is 12.8 Å². The number of benzene rings is 1. The Balaban J connectivity index is 0.00000420. The number of rotatable bonds is 8. The quantitative estimate of drug-likeness (QED) is 0.306. The number of alkyl halides is 3. The summed E-state index contributed by atoms with van der Waals surface area (Å²) in [6.07, 6.45) is -2.84. The van der Waals surface area contributed by atoms with Crippen molar-refractivity contribution in [1.82, 2.24) is 15.8 Å². The van der Waals surface area contributed by atoms with Gasteiger partial charge in [-0.25, -0.2) is 0 Å². The molecular weight excluding hydrogens is 500 g/mol. The molecule has 0 radical (unpaired) electrons. The highest BCUT2D eigenvalue weighted by Gasteiger charge is 2.28. The Bertz CT molecular complexity index is 773. The van der Waals surface area contributed by atoms with Crippen molar-refractivity contribution in [2.75, 3.05) is 13.7 Å². The van der Waals surface area contributed by atoms with Gasteiger partial charge in [0, 0.05) is 32.1 Å². The molecule has 29 heavy (non-hydrogen) atoms. The van der Waals surface area contributed by atoms with Gasteiger partial charge >= 0.3 is 6.18 Å². The molecule has 10 heteroatoms. The summed E-state index contributed by atoms with van der Waals surface area (Å²) >= 11 is 0. The third kappa shape index (κ3) is 8.11. The minimum absolute atomic E-state index is 0. The van der Waals surface area contributed by atoms with E-state index in [1.807, 2.05) is 13.8 Å². The highest BCUT2D eigenvalue weighted by Crippen LogP contribution is 2.19. The van der Waals surface area contributed by atoms with E-state index in [2.05, 4.69) is 20.8 Å². The molecule has 0 aliphatic rings. The molecule has 1 heterocycles. The van der Waals surface area contributed by atoms with Gasteiger partial charge in [-0.1, -0.05) is 31.1 Å². The Morgan fingerprint density at radius 1 is 1.17 bits per heavy atom. The van der Waals surface area contributed by atoms with Crippen LogP contribution in [0.1, 0.15) is 36.4 Å². The minimum atomic E-state index is -4.36. The fourth-order valence-corrected chi connectivity index (χ4v) is 2.63. The number of aryl methyl sites for hydroxylation is 2. The van der Waals surface area contributed by atoms with Gasteiger partial charge in [-0.2, -0.15) is 13.2 Å². The Hall–Kier alpha value is -1.98. The molecule has 0 spiro atoms. The van der Waals surface area contributed by atoms with Gasteiger partial charge in [0.15, 0.2) is 12.6 Å². The molecule has 0 bridgehead atoms. The average Bonchev–Trinajstić information content (AvgIpc) is 3.08. The SMILES string of the molecule is CCc1noc(CC)c1CNC(=NC)NCc1cccc(OCC(F)(F)F)c1.I. The molecular formula is C19H26F3IN4O2. The van der Waals surface area contributed by atoms with Gasteiger partial charge < -0.3 is 19.9 Å². The van der Waals surface area contributed by atoms with Crippen LogP contribution < -0.4 is 15.4 Å². The molecule has 2 rings (SSSR count). The lowest BCUT2D eigenvalue weighted by molar-refractivity contribution is -0.153. The molecule has 0 aliphatic heterocycles. The van der Waals surface area contributed by atoms with E-state index in [1.54, 1.807) is 25.2 Å². The zero-order chi connectivity index (χ0) is 20.6. The van der Waals surface area contributed by atoms with Crippen LogP contribution in [-0.2, 0) is 25.9 Å². The largest absolute Gasteiger partial charge is 0.484 e. The van der Waals surface area contributed by atoms with Crippen LogP contribution in [0.15, 0.2) is 33.8 Å². The van der Waals surface area contributed by atoms with Gasteiger partial charge in [0.1, 0.15) is 11.5 Å². The fourth-order valence-electron chi connectivity index (χ4n) is 2.63. The highest BCUT2D eigenvalue weighted by atomic mass is 127. The van der Waals surface area contributed by atoms with Crippen molar-refractivity contribution in [2.45, 2.75) is 46.0 Å². The van der Waals surface area contributed by atoms with Gasteiger partial charge in [0.25, 0.3) is 0 Å². The molecule has 0 amide bonds. The number of nitrogens with one attached hydrogen (secondary N) is 2. The van der Waals surface area contributed by atoms with Crippen molar-refractivity contribution < 1.29 is 22.4 Å².